The molecule has 0 saturated heterocycles. The highest BCUT2D eigenvalue weighted by molar-refractivity contribution is 7.98. The fraction of sp³-hybridized carbons (Fsp3) is 0.444. The van der Waals surface area contributed by atoms with Gasteiger partial charge in [-0.25, -0.2) is 0 Å². The summed E-state index contributed by atoms with van der Waals surface area (Å²) in [6, 6.07) is 0. The molecular formula is C9H12ClN5OS. The van der Waals surface area contributed by atoms with Crippen molar-refractivity contribution in [2.24, 2.45) is 12.8 Å². The van der Waals surface area contributed by atoms with E-state index in [9.17, 15) is 0 Å². The zero-order valence-corrected chi connectivity index (χ0v) is 11.0. The van der Waals surface area contributed by atoms with Gasteiger partial charge in [0.15, 0.2) is 0 Å². The Labute approximate surface area is 108 Å². The Morgan fingerprint density at radius 2 is 2.24 bits per heavy atom. The van der Waals surface area contributed by atoms with Crippen LogP contribution >= 0.6 is 23.4 Å². The predicted octanol–water partition coefficient (Wildman–Crippen LogP) is 1.52. The third-order valence-corrected chi connectivity index (χ3v) is 3.54. The van der Waals surface area contributed by atoms with Crippen molar-refractivity contribution < 1.29 is 4.42 Å². The number of hydrogen-bond acceptors (Lipinski definition) is 6. The molecule has 92 valence electrons. The lowest BCUT2D eigenvalue weighted by Gasteiger charge is -1.99. The van der Waals surface area contributed by atoms with Crippen LogP contribution in [0.15, 0.2) is 9.64 Å². The van der Waals surface area contributed by atoms with Gasteiger partial charge in [0.25, 0.3) is 5.22 Å². The van der Waals surface area contributed by atoms with Crippen molar-refractivity contribution in [3.05, 3.63) is 22.3 Å². The van der Waals surface area contributed by atoms with Gasteiger partial charge in [-0.2, -0.15) is 5.10 Å². The Hall–Kier alpha value is -1.05. The average Bonchev–Trinajstić information content (AvgIpc) is 2.84. The third-order valence-electron chi connectivity index (χ3n) is 2.22. The maximum atomic E-state index is 6.13. The molecule has 0 spiro atoms. The first-order valence-electron chi connectivity index (χ1n) is 4.95. The number of nitrogens with zero attached hydrogens (tertiary/aromatic N) is 4. The summed E-state index contributed by atoms with van der Waals surface area (Å²) in [5, 5.41) is 13.0. The topological polar surface area (TPSA) is 82.8 Å². The summed E-state index contributed by atoms with van der Waals surface area (Å²) in [4.78, 5) is 0. The minimum atomic E-state index is 0.249. The Balaban J connectivity index is 2.07. The number of aryl methyl sites for hydroxylation is 2. The molecular weight excluding hydrogens is 262 g/mol. The van der Waals surface area contributed by atoms with Crippen molar-refractivity contribution in [3.63, 3.8) is 0 Å². The molecule has 0 radical (unpaired) electrons. The zero-order chi connectivity index (χ0) is 12.4. The SMILES string of the molecule is Cc1nn(C)c(CSc2nnc(CN)o2)c1Cl. The van der Waals surface area contributed by atoms with Crippen LogP contribution in [0.5, 0.6) is 0 Å². The van der Waals surface area contributed by atoms with E-state index in [-0.39, 0.29) is 6.54 Å². The molecule has 2 N–H and O–H groups in total. The van der Waals surface area contributed by atoms with Crippen LogP contribution in [0.3, 0.4) is 0 Å². The van der Waals surface area contributed by atoms with Crippen molar-refractivity contribution in [3.8, 4) is 0 Å². The number of halogens is 1. The number of aromatic nitrogens is 4. The van der Waals surface area contributed by atoms with Crippen LogP contribution in [0.1, 0.15) is 17.3 Å². The molecule has 8 heteroatoms. The first kappa shape index (κ1) is 12.4. The molecule has 0 aliphatic heterocycles. The summed E-state index contributed by atoms with van der Waals surface area (Å²) in [6.07, 6.45) is 0. The minimum Gasteiger partial charge on any atom is -0.415 e. The summed E-state index contributed by atoms with van der Waals surface area (Å²) >= 11 is 7.54. The summed E-state index contributed by atoms with van der Waals surface area (Å²) in [6.45, 7) is 2.12. The van der Waals surface area contributed by atoms with E-state index in [1.165, 1.54) is 11.8 Å². The van der Waals surface area contributed by atoms with E-state index in [2.05, 4.69) is 15.3 Å². The summed E-state index contributed by atoms with van der Waals surface area (Å²) in [5.41, 5.74) is 7.13. The maximum absolute atomic E-state index is 6.13. The van der Waals surface area contributed by atoms with E-state index in [0.29, 0.717) is 21.9 Å². The smallest absolute Gasteiger partial charge is 0.277 e. The van der Waals surface area contributed by atoms with Gasteiger partial charge in [0.1, 0.15) is 0 Å². The lowest BCUT2D eigenvalue weighted by molar-refractivity contribution is 0.414. The Morgan fingerprint density at radius 3 is 2.76 bits per heavy atom. The van der Waals surface area contributed by atoms with Crippen LogP contribution in [0, 0.1) is 6.92 Å². The Kier molecular flexibility index (Phi) is 3.70. The molecule has 0 aliphatic carbocycles. The van der Waals surface area contributed by atoms with Gasteiger partial charge in [0, 0.05) is 12.8 Å². The van der Waals surface area contributed by atoms with Gasteiger partial charge in [-0.15, -0.1) is 10.2 Å². The number of thioether (sulfide) groups is 1. The maximum Gasteiger partial charge on any atom is 0.277 e. The second-order valence-electron chi connectivity index (χ2n) is 3.42. The highest BCUT2D eigenvalue weighted by Gasteiger charge is 2.13. The van der Waals surface area contributed by atoms with Crippen molar-refractivity contribution >= 4 is 23.4 Å². The lowest BCUT2D eigenvalue weighted by atomic mass is 10.4. The number of nitrogens with two attached hydrogens (primary N) is 1. The van der Waals surface area contributed by atoms with Gasteiger partial charge in [-0.3, -0.25) is 4.68 Å². The Bertz CT molecular complexity index is 523. The molecule has 0 amide bonds. The average molecular weight is 274 g/mol. The Morgan fingerprint density at radius 1 is 1.47 bits per heavy atom. The van der Waals surface area contributed by atoms with E-state index in [0.717, 1.165) is 11.4 Å². The first-order chi connectivity index (χ1) is 8.11. The molecule has 0 atom stereocenters. The molecule has 6 nitrogen and oxygen atoms in total. The van der Waals surface area contributed by atoms with Gasteiger partial charge in [0.2, 0.25) is 5.89 Å². The van der Waals surface area contributed by atoms with E-state index >= 15 is 0 Å². The van der Waals surface area contributed by atoms with Crippen LogP contribution in [0.2, 0.25) is 5.02 Å². The number of rotatable bonds is 4. The molecule has 0 aliphatic rings. The van der Waals surface area contributed by atoms with Crippen LogP contribution in [-0.4, -0.2) is 20.0 Å². The van der Waals surface area contributed by atoms with Crippen molar-refractivity contribution in [1.82, 2.24) is 20.0 Å². The predicted molar refractivity (Wildman–Crippen MR) is 64.7 cm³/mol. The van der Waals surface area contributed by atoms with Crippen LogP contribution in [-0.2, 0) is 19.3 Å². The second-order valence-corrected chi connectivity index (χ2v) is 4.73. The summed E-state index contributed by atoms with van der Waals surface area (Å²) in [7, 11) is 1.86. The number of hydrogen-bond donors (Lipinski definition) is 1. The van der Waals surface area contributed by atoms with Gasteiger partial charge in [-0.05, 0) is 6.92 Å². The summed E-state index contributed by atoms with van der Waals surface area (Å²) in [5.74, 6) is 1.06. The molecule has 0 fully saturated rings. The van der Waals surface area contributed by atoms with E-state index in [4.69, 9.17) is 21.8 Å². The lowest BCUT2D eigenvalue weighted by Crippen LogP contribution is -1.96. The highest BCUT2D eigenvalue weighted by Crippen LogP contribution is 2.27. The van der Waals surface area contributed by atoms with E-state index in [1.54, 1.807) is 4.68 Å². The molecule has 0 aromatic carbocycles. The van der Waals surface area contributed by atoms with E-state index < -0.39 is 0 Å². The molecule has 17 heavy (non-hydrogen) atoms. The van der Waals surface area contributed by atoms with Crippen LogP contribution in [0.25, 0.3) is 0 Å². The quantitative estimate of drug-likeness (QED) is 0.851. The van der Waals surface area contributed by atoms with Gasteiger partial charge in [0.05, 0.1) is 23.0 Å². The molecule has 0 saturated carbocycles. The van der Waals surface area contributed by atoms with E-state index in [1.807, 2.05) is 14.0 Å². The van der Waals surface area contributed by atoms with Crippen LogP contribution in [0.4, 0.5) is 0 Å². The molecule has 2 aromatic heterocycles. The molecule has 2 rings (SSSR count). The largest absolute Gasteiger partial charge is 0.415 e. The van der Waals surface area contributed by atoms with Gasteiger partial charge in [-0.1, -0.05) is 23.4 Å². The molecule has 2 aromatic rings. The standard InChI is InChI=1S/C9H12ClN5OS/c1-5-8(10)6(15(2)14-5)4-17-9-13-12-7(3-11)16-9/h3-4,11H2,1-2H3. The highest BCUT2D eigenvalue weighted by atomic mass is 35.5. The monoisotopic (exact) mass is 273 g/mol. The third kappa shape index (κ3) is 2.62. The normalized spacial score (nSPS) is 11.1. The van der Waals surface area contributed by atoms with Crippen molar-refractivity contribution in [1.29, 1.82) is 0 Å². The molecule has 2 heterocycles. The fourth-order valence-corrected chi connectivity index (χ4v) is 2.50. The van der Waals surface area contributed by atoms with Crippen LogP contribution < -0.4 is 5.73 Å². The fourth-order valence-electron chi connectivity index (χ4n) is 1.35. The first-order valence-corrected chi connectivity index (χ1v) is 6.31. The summed E-state index contributed by atoms with van der Waals surface area (Å²) < 4.78 is 7.04. The van der Waals surface area contributed by atoms with Crippen molar-refractivity contribution in [2.45, 2.75) is 24.4 Å². The van der Waals surface area contributed by atoms with Gasteiger partial charge < -0.3 is 10.2 Å². The minimum absolute atomic E-state index is 0.249. The van der Waals surface area contributed by atoms with Crippen molar-refractivity contribution in [2.75, 3.05) is 0 Å². The zero-order valence-electron chi connectivity index (χ0n) is 9.47. The molecule has 0 unspecified atom stereocenters. The van der Waals surface area contributed by atoms with Gasteiger partial charge >= 0.3 is 0 Å². The second kappa shape index (κ2) is 5.07. The molecule has 0 bridgehead atoms.